The van der Waals surface area contributed by atoms with Gasteiger partial charge < -0.3 is 10.1 Å². The summed E-state index contributed by atoms with van der Waals surface area (Å²) in [6, 6.07) is 2.59. The highest BCUT2D eigenvalue weighted by molar-refractivity contribution is 6.30. The Morgan fingerprint density at radius 1 is 1.37 bits per heavy atom. The Hall–Kier alpha value is -1.76. The highest BCUT2D eigenvalue weighted by Crippen LogP contribution is 2.21. The van der Waals surface area contributed by atoms with E-state index in [1.165, 1.54) is 24.3 Å². The fourth-order valence-corrected chi connectivity index (χ4v) is 1.43. The molecule has 4 nitrogen and oxygen atoms in total. The molecule has 0 aromatic heterocycles. The van der Waals surface area contributed by atoms with E-state index in [0.29, 0.717) is 0 Å². The molecule has 0 radical (unpaired) electrons. The first kappa shape index (κ1) is 15.3. The summed E-state index contributed by atoms with van der Waals surface area (Å²) in [7, 11) is 0.798. The Kier molecular flexibility index (Phi) is 4.77. The van der Waals surface area contributed by atoms with E-state index in [-0.39, 0.29) is 10.6 Å². The first-order valence-corrected chi connectivity index (χ1v) is 5.34. The second-order valence-corrected chi connectivity index (χ2v) is 3.92. The molecule has 0 spiro atoms. The number of carbonyl (C=O) groups excluding carboxylic acids is 2. The maximum Gasteiger partial charge on any atom is 0.419 e. The van der Waals surface area contributed by atoms with Gasteiger partial charge in [0.2, 0.25) is 6.04 Å². The van der Waals surface area contributed by atoms with Gasteiger partial charge in [0.1, 0.15) is 0 Å². The highest BCUT2D eigenvalue weighted by Gasteiger charge is 2.47. The van der Waals surface area contributed by atoms with Crippen LogP contribution >= 0.6 is 11.6 Å². The summed E-state index contributed by atoms with van der Waals surface area (Å²) in [5, 5.41) is 1.74. The Balaban J connectivity index is 2.91. The molecule has 1 aromatic rings. The number of hydrogen-bond acceptors (Lipinski definition) is 3. The van der Waals surface area contributed by atoms with Gasteiger partial charge in [0.15, 0.2) is 0 Å². The number of benzene rings is 1. The molecule has 0 aliphatic rings. The molecule has 1 rings (SSSR count). The number of hydrogen-bond donors (Lipinski definition) is 1. The van der Waals surface area contributed by atoms with Gasteiger partial charge in [0.05, 0.1) is 7.11 Å². The van der Waals surface area contributed by atoms with Crippen molar-refractivity contribution in [3.63, 3.8) is 0 Å². The lowest BCUT2D eigenvalue weighted by atomic mass is 10.2. The Bertz CT molecular complexity index is 490. The van der Waals surface area contributed by atoms with Crippen LogP contribution in [0.15, 0.2) is 24.3 Å². The standard InChI is InChI=1S/C11H9ClF3NO3/c1-19-10(18)8(11(13,14)15)16-9(17)6-3-2-4-7(12)5-6/h2-5,8H,1H3,(H,16,17)/t8-/m1/s1. The number of rotatable bonds is 3. The van der Waals surface area contributed by atoms with Crippen molar-refractivity contribution in [2.75, 3.05) is 7.11 Å². The zero-order valence-corrected chi connectivity index (χ0v) is 10.4. The lowest BCUT2D eigenvalue weighted by molar-refractivity contribution is -0.180. The minimum absolute atomic E-state index is 0.0920. The summed E-state index contributed by atoms with van der Waals surface area (Å²) in [6.45, 7) is 0. The van der Waals surface area contributed by atoms with Gasteiger partial charge in [-0.25, -0.2) is 4.79 Å². The van der Waals surface area contributed by atoms with Crippen LogP contribution in [0.3, 0.4) is 0 Å². The Morgan fingerprint density at radius 3 is 2.47 bits per heavy atom. The molecule has 1 atom stereocenters. The summed E-state index contributed by atoms with van der Waals surface area (Å²) in [4.78, 5) is 22.6. The average molecular weight is 296 g/mol. The van der Waals surface area contributed by atoms with E-state index in [4.69, 9.17) is 11.6 Å². The molecule has 0 heterocycles. The van der Waals surface area contributed by atoms with Crippen molar-refractivity contribution in [1.29, 1.82) is 0 Å². The van der Waals surface area contributed by atoms with Crippen LogP contribution in [0.1, 0.15) is 10.4 Å². The van der Waals surface area contributed by atoms with Crippen molar-refractivity contribution in [2.45, 2.75) is 12.2 Å². The Labute approximate surface area is 111 Å². The van der Waals surface area contributed by atoms with E-state index >= 15 is 0 Å². The number of nitrogens with one attached hydrogen (secondary N) is 1. The molecule has 104 valence electrons. The van der Waals surface area contributed by atoms with Crippen LogP contribution in [-0.4, -0.2) is 31.2 Å². The second kappa shape index (κ2) is 5.92. The first-order valence-electron chi connectivity index (χ1n) is 4.96. The monoisotopic (exact) mass is 295 g/mol. The average Bonchev–Trinajstić information content (AvgIpc) is 2.33. The fourth-order valence-electron chi connectivity index (χ4n) is 1.24. The zero-order chi connectivity index (χ0) is 14.6. The number of carbonyl (C=O) groups is 2. The van der Waals surface area contributed by atoms with Gasteiger partial charge in [-0.2, -0.15) is 13.2 Å². The van der Waals surface area contributed by atoms with Crippen LogP contribution < -0.4 is 5.32 Å². The second-order valence-electron chi connectivity index (χ2n) is 3.48. The first-order chi connectivity index (χ1) is 8.75. The van der Waals surface area contributed by atoms with Crippen molar-refractivity contribution in [2.24, 2.45) is 0 Å². The molecule has 1 aromatic carbocycles. The fraction of sp³-hybridized carbons (Fsp3) is 0.273. The number of amides is 1. The van der Waals surface area contributed by atoms with Gasteiger partial charge in [-0.3, -0.25) is 4.79 Å². The van der Waals surface area contributed by atoms with Crippen LogP contribution in [0.2, 0.25) is 5.02 Å². The number of ether oxygens (including phenoxy) is 1. The summed E-state index contributed by atoms with van der Waals surface area (Å²) < 4.78 is 41.7. The van der Waals surface area contributed by atoms with E-state index in [0.717, 1.165) is 7.11 Å². The third-order valence-corrected chi connectivity index (χ3v) is 2.36. The molecule has 0 saturated heterocycles. The van der Waals surface area contributed by atoms with E-state index < -0.39 is 24.1 Å². The molecule has 1 amide bonds. The SMILES string of the molecule is COC(=O)[C@@H](NC(=O)c1cccc(Cl)c1)C(F)(F)F. The van der Waals surface area contributed by atoms with Gasteiger partial charge in [0, 0.05) is 10.6 Å². The van der Waals surface area contributed by atoms with E-state index in [2.05, 4.69) is 4.74 Å². The number of halogens is 4. The maximum atomic E-state index is 12.6. The van der Waals surface area contributed by atoms with Crippen LogP contribution in [0.4, 0.5) is 13.2 Å². The molecular formula is C11H9ClF3NO3. The summed E-state index contributed by atoms with van der Waals surface area (Å²) in [6.07, 6.45) is -4.94. The molecule has 0 bridgehead atoms. The van der Waals surface area contributed by atoms with Crippen LogP contribution in [-0.2, 0) is 9.53 Å². The molecule has 19 heavy (non-hydrogen) atoms. The molecule has 0 fully saturated rings. The summed E-state index contributed by atoms with van der Waals surface area (Å²) in [5.74, 6) is -2.67. The predicted molar refractivity (Wildman–Crippen MR) is 60.8 cm³/mol. The topological polar surface area (TPSA) is 55.4 Å². The molecule has 0 unspecified atom stereocenters. The van der Waals surface area contributed by atoms with E-state index in [1.807, 2.05) is 0 Å². The number of methoxy groups -OCH3 is 1. The summed E-state index contributed by atoms with van der Waals surface area (Å²) in [5.41, 5.74) is -0.0920. The van der Waals surface area contributed by atoms with Crippen LogP contribution in [0.25, 0.3) is 0 Å². The summed E-state index contributed by atoms with van der Waals surface area (Å²) >= 11 is 5.61. The van der Waals surface area contributed by atoms with E-state index in [1.54, 1.807) is 5.32 Å². The largest absolute Gasteiger partial charge is 0.467 e. The molecular weight excluding hydrogens is 287 g/mol. The molecule has 0 aliphatic carbocycles. The third kappa shape index (κ3) is 4.13. The van der Waals surface area contributed by atoms with Gasteiger partial charge in [-0.1, -0.05) is 17.7 Å². The van der Waals surface area contributed by atoms with Gasteiger partial charge in [0.25, 0.3) is 5.91 Å². The van der Waals surface area contributed by atoms with Crippen molar-refractivity contribution in [1.82, 2.24) is 5.32 Å². The smallest absolute Gasteiger partial charge is 0.419 e. The predicted octanol–water partition coefficient (Wildman–Crippen LogP) is 2.17. The van der Waals surface area contributed by atoms with Crippen molar-refractivity contribution < 1.29 is 27.5 Å². The van der Waals surface area contributed by atoms with Crippen molar-refractivity contribution in [3.8, 4) is 0 Å². The van der Waals surface area contributed by atoms with Gasteiger partial charge >= 0.3 is 12.1 Å². The third-order valence-electron chi connectivity index (χ3n) is 2.13. The molecule has 0 saturated carbocycles. The quantitative estimate of drug-likeness (QED) is 0.870. The van der Waals surface area contributed by atoms with Gasteiger partial charge in [-0.05, 0) is 18.2 Å². The van der Waals surface area contributed by atoms with Crippen molar-refractivity contribution in [3.05, 3.63) is 34.9 Å². The minimum Gasteiger partial charge on any atom is -0.467 e. The molecule has 8 heteroatoms. The highest BCUT2D eigenvalue weighted by atomic mass is 35.5. The normalized spacial score (nSPS) is 12.7. The van der Waals surface area contributed by atoms with Crippen LogP contribution in [0, 0.1) is 0 Å². The Morgan fingerprint density at radius 2 is 2.00 bits per heavy atom. The van der Waals surface area contributed by atoms with E-state index in [9.17, 15) is 22.8 Å². The molecule has 1 N–H and O–H groups in total. The number of esters is 1. The minimum atomic E-state index is -4.94. The maximum absolute atomic E-state index is 12.6. The zero-order valence-electron chi connectivity index (χ0n) is 9.62. The lowest BCUT2D eigenvalue weighted by Crippen LogP contribution is -2.51. The van der Waals surface area contributed by atoms with Crippen LogP contribution in [0.5, 0.6) is 0 Å². The molecule has 0 aliphatic heterocycles. The van der Waals surface area contributed by atoms with Gasteiger partial charge in [-0.15, -0.1) is 0 Å². The van der Waals surface area contributed by atoms with Crippen molar-refractivity contribution >= 4 is 23.5 Å². The lowest BCUT2D eigenvalue weighted by Gasteiger charge is -2.19. The number of alkyl halides is 3.